The molecule has 0 aliphatic heterocycles. The summed E-state index contributed by atoms with van der Waals surface area (Å²) in [5, 5.41) is 5.83. The Labute approximate surface area is 301 Å². The molecular weight excluding hydrogens is 633 g/mol. The Morgan fingerprint density at radius 1 is 0.404 bits per heavy atom. The lowest BCUT2D eigenvalue weighted by Gasteiger charge is -2.25. The summed E-state index contributed by atoms with van der Waals surface area (Å²) in [4.78, 5) is 12.9. The van der Waals surface area contributed by atoms with Gasteiger partial charge >= 0.3 is 0 Å². The van der Waals surface area contributed by atoms with Crippen LogP contribution in [0.15, 0.2) is 194 Å². The molecule has 0 saturated carbocycles. The van der Waals surface area contributed by atoms with Crippen LogP contribution in [-0.4, -0.2) is 14.5 Å². The molecule has 244 valence electrons. The van der Waals surface area contributed by atoms with Crippen LogP contribution in [0.1, 0.15) is 0 Å². The fourth-order valence-corrected chi connectivity index (χ4v) is 7.56. The van der Waals surface area contributed by atoms with Gasteiger partial charge in [-0.2, -0.15) is 0 Å². The number of pyridine rings is 1. The molecule has 0 spiro atoms. The second kappa shape index (κ2) is 12.4. The number of anilines is 3. The molecule has 52 heavy (non-hydrogen) atoms. The van der Waals surface area contributed by atoms with Crippen LogP contribution in [0.4, 0.5) is 17.1 Å². The van der Waals surface area contributed by atoms with Crippen molar-refractivity contribution in [3.8, 4) is 28.3 Å². The van der Waals surface area contributed by atoms with Gasteiger partial charge in [-0.1, -0.05) is 115 Å². The molecule has 4 nitrogen and oxygen atoms in total. The number of fused-ring (bicyclic) bond motifs is 6. The van der Waals surface area contributed by atoms with Crippen molar-refractivity contribution in [1.82, 2.24) is 14.5 Å². The van der Waals surface area contributed by atoms with Crippen LogP contribution in [0.25, 0.3) is 71.8 Å². The van der Waals surface area contributed by atoms with Crippen LogP contribution in [0, 0.1) is 0 Å². The highest BCUT2D eigenvalue weighted by molar-refractivity contribution is 6.22. The normalized spacial score (nSPS) is 11.5. The zero-order chi connectivity index (χ0) is 34.4. The highest BCUT2D eigenvalue weighted by Crippen LogP contribution is 2.41. The first-order chi connectivity index (χ1) is 25.8. The number of para-hydroxylation sites is 5. The van der Waals surface area contributed by atoms with Crippen molar-refractivity contribution in [2.75, 3.05) is 4.90 Å². The van der Waals surface area contributed by atoms with Gasteiger partial charge in [-0.15, -0.1) is 0 Å². The van der Waals surface area contributed by atoms with Crippen molar-refractivity contribution in [3.05, 3.63) is 194 Å². The molecule has 0 unspecified atom stereocenters. The molecule has 10 aromatic rings. The third-order valence-corrected chi connectivity index (χ3v) is 9.94. The van der Waals surface area contributed by atoms with E-state index in [0.717, 1.165) is 72.7 Å². The van der Waals surface area contributed by atoms with Crippen LogP contribution in [0.5, 0.6) is 0 Å². The van der Waals surface area contributed by atoms with E-state index < -0.39 is 0 Å². The molecule has 2 heterocycles. The monoisotopic (exact) mass is 664 g/mol. The molecule has 0 radical (unpaired) electrons. The zero-order valence-electron chi connectivity index (χ0n) is 28.3. The lowest BCUT2D eigenvalue weighted by atomic mass is 9.94. The number of benzene rings is 8. The molecule has 2 aromatic heterocycles. The number of nitrogens with zero attached hydrogens (tertiary/aromatic N) is 4. The topological polar surface area (TPSA) is 34.0 Å². The van der Waals surface area contributed by atoms with E-state index in [9.17, 15) is 0 Å². The van der Waals surface area contributed by atoms with Gasteiger partial charge in [0.05, 0.1) is 22.2 Å². The number of aromatic nitrogens is 3. The van der Waals surface area contributed by atoms with Crippen LogP contribution >= 0.6 is 0 Å². The Hall–Kier alpha value is -7.04. The molecule has 0 N–H and O–H groups in total. The second-order valence-electron chi connectivity index (χ2n) is 13.1. The van der Waals surface area contributed by atoms with E-state index in [1.165, 1.54) is 16.2 Å². The van der Waals surface area contributed by atoms with E-state index >= 15 is 0 Å². The van der Waals surface area contributed by atoms with E-state index in [2.05, 4.69) is 198 Å². The predicted octanol–water partition coefficient (Wildman–Crippen LogP) is 12.7. The molecule has 0 amide bonds. The summed E-state index contributed by atoms with van der Waals surface area (Å²) in [5.74, 6) is 0.906. The summed E-state index contributed by atoms with van der Waals surface area (Å²) < 4.78 is 2.26. The Morgan fingerprint density at radius 3 is 1.77 bits per heavy atom. The molecule has 0 atom stereocenters. The first kappa shape index (κ1) is 29.8. The number of hydrogen-bond acceptors (Lipinski definition) is 3. The van der Waals surface area contributed by atoms with Gasteiger partial charge in [0.2, 0.25) is 0 Å². The first-order valence-electron chi connectivity index (χ1n) is 17.6. The Kier molecular flexibility index (Phi) is 7.10. The molecule has 0 fully saturated rings. The van der Waals surface area contributed by atoms with Gasteiger partial charge in [-0.05, 0) is 89.6 Å². The molecule has 0 aliphatic rings. The van der Waals surface area contributed by atoms with Gasteiger partial charge in [-0.3, -0.25) is 4.57 Å². The average Bonchev–Trinajstić information content (AvgIpc) is 3.61. The number of imidazole rings is 1. The van der Waals surface area contributed by atoms with Crippen molar-refractivity contribution in [3.63, 3.8) is 0 Å². The minimum absolute atomic E-state index is 0.906. The minimum Gasteiger partial charge on any atom is -0.311 e. The van der Waals surface area contributed by atoms with E-state index in [1.54, 1.807) is 0 Å². The Balaban J connectivity index is 1.17. The summed E-state index contributed by atoms with van der Waals surface area (Å²) in [5.41, 5.74) is 10.5. The van der Waals surface area contributed by atoms with Gasteiger partial charge in [0.25, 0.3) is 0 Å². The maximum absolute atomic E-state index is 5.39. The van der Waals surface area contributed by atoms with Gasteiger partial charge in [0.15, 0.2) is 0 Å². The molecule has 4 heteroatoms. The maximum Gasteiger partial charge on any atom is 0.145 e. The van der Waals surface area contributed by atoms with Gasteiger partial charge in [0.1, 0.15) is 5.82 Å². The highest BCUT2D eigenvalue weighted by atomic mass is 15.1. The summed E-state index contributed by atoms with van der Waals surface area (Å²) in [6.07, 6.45) is 0. The van der Waals surface area contributed by atoms with Crippen LogP contribution in [-0.2, 0) is 0 Å². The Bertz CT molecular complexity index is 2840. The number of rotatable bonds is 6. The van der Waals surface area contributed by atoms with Crippen molar-refractivity contribution < 1.29 is 0 Å². The summed E-state index contributed by atoms with van der Waals surface area (Å²) >= 11 is 0. The fraction of sp³-hybridized carbons (Fsp3) is 0. The smallest absolute Gasteiger partial charge is 0.145 e. The van der Waals surface area contributed by atoms with Crippen LogP contribution < -0.4 is 4.90 Å². The molecule has 0 bridgehead atoms. The van der Waals surface area contributed by atoms with Crippen molar-refractivity contribution in [2.24, 2.45) is 0 Å². The Morgan fingerprint density at radius 2 is 1.02 bits per heavy atom. The zero-order valence-corrected chi connectivity index (χ0v) is 28.3. The maximum atomic E-state index is 5.39. The molecule has 0 saturated heterocycles. The lowest BCUT2D eigenvalue weighted by molar-refractivity contribution is 1.10. The van der Waals surface area contributed by atoms with Crippen LogP contribution in [0.2, 0.25) is 0 Å². The van der Waals surface area contributed by atoms with E-state index in [-0.39, 0.29) is 0 Å². The lowest BCUT2D eigenvalue weighted by Crippen LogP contribution is -2.09. The predicted molar refractivity (Wildman–Crippen MR) is 217 cm³/mol. The second-order valence-corrected chi connectivity index (χ2v) is 13.1. The third kappa shape index (κ3) is 5.00. The third-order valence-electron chi connectivity index (χ3n) is 9.94. The SMILES string of the molecule is c1ccc(N(c2ccccc2)c2ccc(-c3nc4ccc(-c5nc6ccccc6n5-c5ccccc5)cc4c4c3ccc3ccccc34)cc2)cc1. The number of hydrogen-bond donors (Lipinski definition) is 0. The first-order valence-corrected chi connectivity index (χ1v) is 17.6. The molecular formula is C48H32N4. The molecule has 0 aliphatic carbocycles. The van der Waals surface area contributed by atoms with E-state index in [0.29, 0.717) is 0 Å². The minimum atomic E-state index is 0.906. The largest absolute Gasteiger partial charge is 0.311 e. The molecule has 10 rings (SSSR count). The van der Waals surface area contributed by atoms with Crippen molar-refractivity contribution in [1.29, 1.82) is 0 Å². The van der Waals surface area contributed by atoms with E-state index in [1.807, 2.05) is 6.07 Å². The van der Waals surface area contributed by atoms with E-state index in [4.69, 9.17) is 9.97 Å². The summed E-state index contributed by atoms with van der Waals surface area (Å²) in [7, 11) is 0. The average molecular weight is 665 g/mol. The van der Waals surface area contributed by atoms with Gasteiger partial charge in [-0.25, -0.2) is 9.97 Å². The van der Waals surface area contributed by atoms with Gasteiger partial charge < -0.3 is 4.90 Å². The van der Waals surface area contributed by atoms with Crippen molar-refractivity contribution >= 4 is 60.5 Å². The standard InChI is InChI=1S/C48H32N4/c1-4-15-36(16-5-1)51(37-17-6-2-7-18-37)39-28-24-34(25-29-39)47-41-30-26-33-14-10-11-21-40(33)46(41)42-32-35(27-31-43(42)49-47)48-50-44-22-12-13-23-45(44)52(48)38-19-8-3-9-20-38/h1-32H. The fourth-order valence-electron chi connectivity index (χ4n) is 7.56. The quantitative estimate of drug-likeness (QED) is 0.166. The summed E-state index contributed by atoms with van der Waals surface area (Å²) in [6, 6.07) is 68.4. The highest BCUT2D eigenvalue weighted by Gasteiger charge is 2.19. The van der Waals surface area contributed by atoms with Crippen LogP contribution in [0.3, 0.4) is 0 Å². The molecule has 8 aromatic carbocycles. The van der Waals surface area contributed by atoms with Crippen molar-refractivity contribution in [2.45, 2.75) is 0 Å². The van der Waals surface area contributed by atoms with Gasteiger partial charge in [0, 0.05) is 50.0 Å². The summed E-state index contributed by atoms with van der Waals surface area (Å²) in [6.45, 7) is 0.